The van der Waals surface area contributed by atoms with Gasteiger partial charge >= 0.3 is 17.9 Å². The molecule has 0 heterocycles. The third-order valence-corrected chi connectivity index (χ3v) is 13.7. The van der Waals surface area contributed by atoms with E-state index in [1.54, 1.807) is 0 Å². The molecule has 0 N–H and O–H groups in total. The molecule has 0 amide bonds. The number of esters is 3. The average Bonchev–Trinajstić information content (AvgIpc) is 3.47. The molecule has 6 nitrogen and oxygen atoms in total. The largest absolute Gasteiger partial charge is 0.462 e. The zero-order valence-electron chi connectivity index (χ0n) is 52.9. The maximum absolute atomic E-state index is 12.9. The normalized spacial score (nSPS) is 13.2. The van der Waals surface area contributed by atoms with E-state index in [2.05, 4.69) is 179 Å². The number of hydrogen-bond acceptors (Lipinski definition) is 6. The van der Waals surface area contributed by atoms with Crippen LogP contribution in [0.5, 0.6) is 0 Å². The summed E-state index contributed by atoms with van der Waals surface area (Å²) >= 11 is 0. The van der Waals surface area contributed by atoms with Gasteiger partial charge in [-0.2, -0.15) is 0 Å². The Kier molecular flexibility index (Phi) is 64.4. The Morgan fingerprint density at radius 3 is 0.756 bits per heavy atom. The maximum Gasteiger partial charge on any atom is 0.306 e. The minimum absolute atomic E-state index is 0.0972. The summed E-state index contributed by atoms with van der Waals surface area (Å²) < 4.78 is 16.9. The predicted octanol–water partition coefficient (Wildman–Crippen LogP) is 23.3. The fourth-order valence-corrected chi connectivity index (χ4v) is 8.80. The van der Waals surface area contributed by atoms with Crippen molar-refractivity contribution in [1.82, 2.24) is 0 Å². The van der Waals surface area contributed by atoms with Crippen molar-refractivity contribution >= 4 is 17.9 Å². The van der Waals surface area contributed by atoms with Crippen LogP contribution in [-0.2, 0) is 28.6 Å². The van der Waals surface area contributed by atoms with Gasteiger partial charge in [0.05, 0.1) is 0 Å². The highest BCUT2D eigenvalue weighted by Gasteiger charge is 2.19. The van der Waals surface area contributed by atoms with Crippen molar-refractivity contribution in [2.24, 2.45) is 0 Å². The molecule has 0 aliphatic carbocycles. The van der Waals surface area contributed by atoms with Gasteiger partial charge in [-0.25, -0.2) is 0 Å². The monoisotopic (exact) mass is 1130 g/mol. The highest BCUT2D eigenvalue weighted by molar-refractivity contribution is 5.71. The Hall–Kier alpha value is -4.97. The molecule has 0 aromatic heterocycles. The molecule has 462 valence electrons. The summed E-state index contributed by atoms with van der Waals surface area (Å²) in [5.41, 5.74) is 0. The van der Waals surface area contributed by atoms with E-state index in [0.29, 0.717) is 19.3 Å². The first-order valence-corrected chi connectivity index (χ1v) is 33.5. The molecule has 0 saturated carbocycles. The van der Waals surface area contributed by atoms with Crippen LogP contribution in [-0.4, -0.2) is 37.2 Å². The Morgan fingerprint density at radius 1 is 0.256 bits per heavy atom. The quantitative estimate of drug-likeness (QED) is 0.0261. The maximum atomic E-state index is 12.9. The zero-order chi connectivity index (χ0) is 59.2. The summed E-state index contributed by atoms with van der Waals surface area (Å²) in [6.45, 7) is 6.32. The molecule has 1 atom stereocenters. The summed E-state index contributed by atoms with van der Waals surface area (Å²) in [6, 6.07) is 0. The smallest absolute Gasteiger partial charge is 0.306 e. The van der Waals surface area contributed by atoms with Gasteiger partial charge in [-0.05, 0) is 141 Å². The van der Waals surface area contributed by atoms with E-state index in [-0.39, 0.29) is 31.1 Å². The predicted molar refractivity (Wildman–Crippen MR) is 357 cm³/mol. The van der Waals surface area contributed by atoms with Gasteiger partial charge in [-0.1, -0.05) is 281 Å². The summed E-state index contributed by atoms with van der Waals surface area (Å²) in [5.74, 6) is -0.936. The summed E-state index contributed by atoms with van der Waals surface area (Å²) in [5, 5.41) is 0. The Labute approximate surface area is 505 Å². The van der Waals surface area contributed by atoms with Crippen LogP contribution < -0.4 is 0 Å². The first kappa shape index (κ1) is 77.0. The molecule has 82 heavy (non-hydrogen) atoms. The lowest BCUT2D eigenvalue weighted by molar-refractivity contribution is -0.167. The van der Waals surface area contributed by atoms with Crippen LogP contribution in [0.15, 0.2) is 158 Å². The summed E-state index contributed by atoms with van der Waals surface area (Å²) in [7, 11) is 0. The molecule has 0 fully saturated rings. The fraction of sp³-hybridized carbons (Fsp3) is 0.618. The second-order valence-electron chi connectivity index (χ2n) is 21.6. The second kappa shape index (κ2) is 68.5. The van der Waals surface area contributed by atoms with E-state index >= 15 is 0 Å². The highest BCUT2D eigenvalue weighted by atomic mass is 16.6. The van der Waals surface area contributed by atoms with Gasteiger partial charge in [0.2, 0.25) is 0 Å². The SMILES string of the molecule is CC/C=C\C/C=C\C/C=C\C/C=C\C/C=C\C/C=C\CCCCCCCCCCCCCCC(=O)OCC(COC(=O)CCCCCCC/C=C\CCC)OC(=O)CCCCCC/C=C\C/C=C\C/C=C\C/C=C\C/C=C\C/C=C\CC. The van der Waals surface area contributed by atoms with Crippen LogP contribution in [0.1, 0.15) is 284 Å². The molecule has 0 saturated heterocycles. The van der Waals surface area contributed by atoms with Gasteiger partial charge in [-0.3, -0.25) is 14.4 Å². The Morgan fingerprint density at radius 2 is 0.476 bits per heavy atom. The number of allylic oxidation sites excluding steroid dienone is 26. The number of ether oxygens (including phenoxy) is 3. The molecule has 0 radical (unpaired) electrons. The molecule has 0 aliphatic rings. The van der Waals surface area contributed by atoms with Gasteiger partial charge in [0.25, 0.3) is 0 Å². The Balaban J connectivity index is 4.28. The summed E-state index contributed by atoms with van der Waals surface area (Å²) in [6.07, 6.45) is 99.8. The van der Waals surface area contributed by atoms with E-state index in [1.807, 2.05) is 0 Å². The second-order valence-corrected chi connectivity index (χ2v) is 21.6. The number of rotatable bonds is 59. The lowest BCUT2D eigenvalue weighted by Crippen LogP contribution is -2.30. The van der Waals surface area contributed by atoms with E-state index in [9.17, 15) is 14.4 Å². The molecule has 0 rings (SSSR count). The Bertz CT molecular complexity index is 1830. The standard InChI is InChI=1S/C76H122O6/c1-4-7-10-13-16-19-22-24-26-28-30-32-34-35-36-37-38-39-40-41-43-44-46-48-50-52-54-57-60-63-66-69-75(78)81-72-73(71-80-74(77)68-65-62-59-56-21-18-15-12-9-6-3)82-76(79)70-67-64-61-58-55-53-51-49-47-45-42-33-31-29-27-25-23-20-17-14-11-8-5-2/h7-8,10-12,15-17,19-20,24-27,30-33,35-36,38-39,45,47,51,53,73H,4-6,9,13-14,18,21-23,28-29,34,37,40-44,46,48-50,52,54-72H2,1-3H3/b10-7-,11-8-,15-12-,19-16-,20-17-,26-24-,27-25-,32-30-,33-31-,36-35-,39-38-,47-45-,53-51-. The number of carbonyl (C=O) groups excluding carboxylic acids is 3. The lowest BCUT2D eigenvalue weighted by Gasteiger charge is -2.18. The number of unbranched alkanes of at least 4 members (excludes halogenated alkanes) is 22. The molecule has 1 unspecified atom stereocenters. The van der Waals surface area contributed by atoms with Gasteiger partial charge in [-0.15, -0.1) is 0 Å². The topological polar surface area (TPSA) is 78.9 Å². The molecular weight excluding hydrogens is 1010 g/mol. The van der Waals surface area contributed by atoms with Crippen molar-refractivity contribution in [3.63, 3.8) is 0 Å². The van der Waals surface area contributed by atoms with Gasteiger partial charge in [0.1, 0.15) is 13.2 Å². The summed E-state index contributed by atoms with van der Waals surface area (Å²) in [4.78, 5) is 38.3. The van der Waals surface area contributed by atoms with Crippen molar-refractivity contribution in [3.05, 3.63) is 158 Å². The van der Waals surface area contributed by atoms with Gasteiger partial charge < -0.3 is 14.2 Å². The molecule has 0 aromatic rings. The van der Waals surface area contributed by atoms with Crippen LogP contribution in [0, 0.1) is 0 Å². The van der Waals surface area contributed by atoms with Crippen molar-refractivity contribution < 1.29 is 28.6 Å². The van der Waals surface area contributed by atoms with E-state index in [4.69, 9.17) is 14.2 Å². The van der Waals surface area contributed by atoms with Crippen molar-refractivity contribution in [2.75, 3.05) is 13.2 Å². The van der Waals surface area contributed by atoms with Crippen molar-refractivity contribution in [1.29, 1.82) is 0 Å². The molecule has 0 bridgehead atoms. The van der Waals surface area contributed by atoms with E-state index in [0.717, 1.165) is 167 Å². The number of hydrogen-bond donors (Lipinski definition) is 0. The third-order valence-electron chi connectivity index (χ3n) is 13.7. The third kappa shape index (κ3) is 65.8. The highest BCUT2D eigenvalue weighted by Crippen LogP contribution is 2.15. The van der Waals surface area contributed by atoms with E-state index < -0.39 is 6.10 Å². The van der Waals surface area contributed by atoms with E-state index in [1.165, 1.54) is 77.0 Å². The van der Waals surface area contributed by atoms with Gasteiger partial charge in [0, 0.05) is 19.3 Å². The molecule has 0 aliphatic heterocycles. The van der Waals surface area contributed by atoms with Crippen LogP contribution >= 0.6 is 0 Å². The van der Waals surface area contributed by atoms with Crippen LogP contribution in [0.4, 0.5) is 0 Å². The average molecular weight is 1130 g/mol. The lowest BCUT2D eigenvalue weighted by atomic mass is 10.0. The first-order chi connectivity index (χ1) is 40.5. The van der Waals surface area contributed by atoms with Crippen molar-refractivity contribution in [3.8, 4) is 0 Å². The van der Waals surface area contributed by atoms with Crippen LogP contribution in [0.3, 0.4) is 0 Å². The van der Waals surface area contributed by atoms with Crippen LogP contribution in [0.2, 0.25) is 0 Å². The van der Waals surface area contributed by atoms with Crippen molar-refractivity contribution in [2.45, 2.75) is 290 Å². The molecule has 0 aromatic carbocycles. The van der Waals surface area contributed by atoms with Crippen LogP contribution in [0.25, 0.3) is 0 Å². The molecular formula is C76H122O6. The number of carbonyl (C=O) groups is 3. The van der Waals surface area contributed by atoms with Gasteiger partial charge in [0.15, 0.2) is 6.10 Å². The first-order valence-electron chi connectivity index (χ1n) is 33.5. The minimum atomic E-state index is -0.803. The molecule has 0 spiro atoms. The minimum Gasteiger partial charge on any atom is -0.462 e. The molecule has 6 heteroatoms. The zero-order valence-corrected chi connectivity index (χ0v) is 52.9. The fourth-order valence-electron chi connectivity index (χ4n) is 8.80.